The molecule has 0 aromatic heterocycles. The molecule has 2 rings (SSSR count). The zero-order valence-corrected chi connectivity index (χ0v) is 13.9. The number of halogens is 1. The summed E-state index contributed by atoms with van der Waals surface area (Å²) in [5.74, 6) is -1.43. The van der Waals surface area contributed by atoms with Gasteiger partial charge in [0.25, 0.3) is 11.1 Å². The van der Waals surface area contributed by atoms with Crippen LogP contribution in [0.4, 0.5) is 4.79 Å². The van der Waals surface area contributed by atoms with Gasteiger partial charge in [-0.3, -0.25) is 14.5 Å². The molecule has 1 aromatic rings. The third-order valence-electron chi connectivity index (χ3n) is 2.79. The second-order valence-electron chi connectivity index (χ2n) is 4.27. The average Bonchev–Trinajstić information content (AvgIpc) is 2.72. The maximum absolute atomic E-state index is 12.1. The number of carbonyl (C=O) groups excluding carboxylic acids is 3. The fourth-order valence-corrected chi connectivity index (χ4v) is 3.09. The van der Waals surface area contributed by atoms with Crippen LogP contribution in [0, 0.1) is 0 Å². The summed E-state index contributed by atoms with van der Waals surface area (Å²) in [4.78, 5) is 35.7. The molecule has 1 aliphatic rings. The lowest BCUT2D eigenvalue weighted by Crippen LogP contribution is -2.29. The van der Waals surface area contributed by atoms with Crippen LogP contribution in [0.1, 0.15) is 12.5 Å². The molecule has 0 aliphatic carbocycles. The average molecular weight is 385 g/mol. The van der Waals surface area contributed by atoms with Gasteiger partial charge in [-0.2, -0.15) is 0 Å². The van der Waals surface area contributed by atoms with Crippen LogP contribution in [0.15, 0.2) is 27.6 Å². The summed E-state index contributed by atoms with van der Waals surface area (Å²) in [5.41, 5.74) is 0.497. The molecule has 0 N–H and O–H groups in total. The Bertz CT molecular complexity index is 673. The number of thioether (sulfide) groups is 1. The van der Waals surface area contributed by atoms with Crippen molar-refractivity contribution in [3.63, 3.8) is 0 Å². The number of ether oxygens (including phenoxy) is 1. The fourth-order valence-electron chi connectivity index (χ4n) is 1.81. The number of likely N-dealkylation sites (N-methyl/N-ethyl adjacent to an activating group) is 1. The van der Waals surface area contributed by atoms with Crippen molar-refractivity contribution in [2.45, 2.75) is 6.92 Å². The van der Waals surface area contributed by atoms with Gasteiger partial charge in [0.15, 0.2) is 0 Å². The number of imide groups is 1. The van der Waals surface area contributed by atoms with Crippen molar-refractivity contribution in [1.29, 1.82) is 0 Å². The van der Waals surface area contributed by atoms with Crippen molar-refractivity contribution < 1.29 is 24.2 Å². The molecule has 2 amide bonds. The van der Waals surface area contributed by atoms with Gasteiger partial charge in [0.05, 0.1) is 10.9 Å². The van der Waals surface area contributed by atoms with Crippen molar-refractivity contribution in [3.8, 4) is 5.75 Å². The standard InChI is InChI=1S/C14H12BrNO5S/c1-2-16-13(19)11(22-14(16)20)6-8-5-9(15)3-4-10(8)21-7-12(17)18/h3-6H,2,7H2,1H3,(H,17,18)/p-1/b11-6-. The first kappa shape index (κ1) is 16.6. The highest BCUT2D eigenvalue weighted by Crippen LogP contribution is 2.34. The van der Waals surface area contributed by atoms with Crippen molar-refractivity contribution in [3.05, 3.63) is 33.1 Å². The first-order chi connectivity index (χ1) is 10.4. The van der Waals surface area contributed by atoms with Crippen molar-refractivity contribution >= 4 is 50.9 Å². The number of aliphatic carboxylic acids is 1. The molecule has 0 spiro atoms. The Morgan fingerprint density at radius 3 is 2.77 bits per heavy atom. The highest BCUT2D eigenvalue weighted by atomic mass is 79.9. The number of carboxylic acids is 1. The molecule has 0 bridgehead atoms. The number of nitrogens with zero attached hydrogens (tertiary/aromatic N) is 1. The lowest BCUT2D eigenvalue weighted by atomic mass is 10.2. The largest absolute Gasteiger partial charge is 0.546 e. The first-order valence-corrected chi connectivity index (χ1v) is 7.91. The van der Waals surface area contributed by atoms with Gasteiger partial charge < -0.3 is 14.6 Å². The molecule has 1 heterocycles. The molecule has 1 aliphatic heterocycles. The zero-order valence-electron chi connectivity index (χ0n) is 11.5. The predicted octanol–water partition coefficient (Wildman–Crippen LogP) is 1.63. The second kappa shape index (κ2) is 6.97. The van der Waals surface area contributed by atoms with Crippen LogP contribution in [0.25, 0.3) is 6.08 Å². The Morgan fingerprint density at radius 2 is 2.18 bits per heavy atom. The number of hydrogen-bond acceptors (Lipinski definition) is 6. The van der Waals surface area contributed by atoms with Crippen LogP contribution < -0.4 is 9.84 Å². The van der Waals surface area contributed by atoms with Crippen molar-refractivity contribution in [2.75, 3.05) is 13.2 Å². The Kier molecular flexibility index (Phi) is 5.25. The van der Waals surface area contributed by atoms with Gasteiger partial charge in [-0.1, -0.05) is 15.9 Å². The van der Waals surface area contributed by atoms with Gasteiger partial charge in [0, 0.05) is 16.6 Å². The van der Waals surface area contributed by atoms with Crippen LogP contribution in [0.3, 0.4) is 0 Å². The SMILES string of the molecule is CCN1C(=O)S/C(=C\c2cc(Br)ccc2OCC(=O)[O-])C1=O. The van der Waals surface area contributed by atoms with Gasteiger partial charge in [0.1, 0.15) is 12.4 Å². The number of carbonyl (C=O) groups is 3. The molecule has 0 radical (unpaired) electrons. The van der Waals surface area contributed by atoms with Crippen LogP contribution >= 0.6 is 27.7 Å². The number of benzene rings is 1. The summed E-state index contributed by atoms with van der Waals surface area (Å²) in [7, 11) is 0. The minimum Gasteiger partial charge on any atom is -0.546 e. The summed E-state index contributed by atoms with van der Waals surface area (Å²) < 4.78 is 5.86. The number of rotatable bonds is 5. The monoisotopic (exact) mass is 384 g/mol. The van der Waals surface area contributed by atoms with E-state index >= 15 is 0 Å². The van der Waals surface area contributed by atoms with E-state index in [9.17, 15) is 19.5 Å². The molecule has 0 saturated carbocycles. The highest BCUT2D eigenvalue weighted by molar-refractivity contribution is 9.10. The Balaban J connectivity index is 2.34. The Hall–Kier alpha value is -1.80. The zero-order chi connectivity index (χ0) is 16.3. The summed E-state index contributed by atoms with van der Waals surface area (Å²) in [6.07, 6.45) is 1.51. The molecule has 1 aromatic carbocycles. The molecule has 116 valence electrons. The van der Waals surface area contributed by atoms with Gasteiger partial charge in [-0.25, -0.2) is 0 Å². The highest BCUT2D eigenvalue weighted by Gasteiger charge is 2.33. The van der Waals surface area contributed by atoms with Gasteiger partial charge in [0.2, 0.25) is 0 Å². The van der Waals surface area contributed by atoms with E-state index in [4.69, 9.17) is 4.74 Å². The van der Waals surface area contributed by atoms with Crippen LogP contribution in [-0.4, -0.2) is 35.2 Å². The van der Waals surface area contributed by atoms with E-state index in [1.54, 1.807) is 25.1 Å². The third kappa shape index (κ3) is 3.69. The fraction of sp³-hybridized carbons (Fsp3) is 0.214. The third-order valence-corrected chi connectivity index (χ3v) is 4.19. The molecule has 1 fully saturated rings. The smallest absolute Gasteiger partial charge is 0.293 e. The lowest BCUT2D eigenvalue weighted by Gasteiger charge is -2.11. The summed E-state index contributed by atoms with van der Waals surface area (Å²) >= 11 is 4.13. The number of hydrogen-bond donors (Lipinski definition) is 0. The van der Waals surface area contributed by atoms with Crippen LogP contribution in [0.2, 0.25) is 0 Å². The predicted molar refractivity (Wildman–Crippen MR) is 83.0 cm³/mol. The van der Waals surface area contributed by atoms with E-state index < -0.39 is 12.6 Å². The summed E-state index contributed by atoms with van der Waals surface area (Å²) in [6, 6.07) is 4.92. The minimum atomic E-state index is -1.35. The Labute approximate surface area is 139 Å². The molecule has 1 saturated heterocycles. The second-order valence-corrected chi connectivity index (χ2v) is 6.18. The minimum absolute atomic E-state index is 0.267. The van der Waals surface area contributed by atoms with Crippen molar-refractivity contribution in [2.24, 2.45) is 0 Å². The molecular formula is C14H11BrNO5S-. The molecule has 6 nitrogen and oxygen atoms in total. The summed E-state index contributed by atoms with van der Waals surface area (Å²) in [6.45, 7) is 1.42. The number of amides is 2. The molecule has 0 atom stereocenters. The summed E-state index contributed by atoms with van der Waals surface area (Å²) in [5, 5.41) is 10.2. The van der Waals surface area contributed by atoms with Gasteiger partial charge in [-0.15, -0.1) is 0 Å². The van der Waals surface area contributed by atoms with E-state index in [2.05, 4.69) is 15.9 Å². The lowest BCUT2D eigenvalue weighted by molar-refractivity contribution is -0.307. The molecule has 22 heavy (non-hydrogen) atoms. The molecule has 8 heteroatoms. The van der Waals surface area contributed by atoms with E-state index in [1.165, 1.54) is 6.08 Å². The quantitative estimate of drug-likeness (QED) is 0.717. The topological polar surface area (TPSA) is 86.7 Å². The molecule has 0 unspecified atom stereocenters. The van der Waals surface area contributed by atoms with Crippen molar-refractivity contribution in [1.82, 2.24) is 4.90 Å². The Morgan fingerprint density at radius 1 is 1.45 bits per heavy atom. The molecular weight excluding hydrogens is 374 g/mol. The van der Waals surface area contributed by atoms with Gasteiger partial charge >= 0.3 is 0 Å². The first-order valence-electron chi connectivity index (χ1n) is 6.30. The maximum Gasteiger partial charge on any atom is 0.293 e. The van der Waals surface area contributed by atoms with E-state index in [1.807, 2.05) is 0 Å². The number of carboxylic acid groups (broad SMARTS) is 1. The maximum atomic E-state index is 12.1. The normalized spacial score (nSPS) is 16.5. The van der Waals surface area contributed by atoms with Crippen LogP contribution in [0.5, 0.6) is 5.75 Å². The van der Waals surface area contributed by atoms with Crippen LogP contribution in [-0.2, 0) is 9.59 Å². The van der Waals surface area contributed by atoms with E-state index in [-0.39, 0.29) is 21.8 Å². The van der Waals surface area contributed by atoms with E-state index in [0.717, 1.165) is 21.1 Å². The van der Waals surface area contributed by atoms with Gasteiger partial charge in [-0.05, 0) is 43.0 Å². The van der Waals surface area contributed by atoms with E-state index in [0.29, 0.717) is 12.1 Å².